The van der Waals surface area contributed by atoms with E-state index in [9.17, 15) is 18.0 Å². The molecule has 0 aromatic carbocycles. The summed E-state index contributed by atoms with van der Waals surface area (Å²) in [6, 6.07) is -2.18. The average molecular weight is 269 g/mol. The molecule has 0 aliphatic carbocycles. The second-order valence-corrected chi connectivity index (χ2v) is 5.61. The fraction of sp³-hybridized carbons (Fsp3) is 0.917. The lowest BCUT2D eigenvalue weighted by Gasteiger charge is -2.29. The highest BCUT2D eigenvalue weighted by Crippen LogP contribution is 2.33. The Morgan fingerprint density at radius 1 is 1.28 bits per heavy atom. The lowest BCUT2D eigenvalue weighted by molar-refractivity contribution is -0.178. The van der Waals surface area contributed by atoms with E-state index < -0.39 is 29.5 Å². The summed E-state index contributed by atoms with van der Waals surface area (Å²) in [5, 5.41) is 0. The molecule has 0 spiro atoms. The second kappa shape index (κ2) is 6.41. The maximum Gasteiger partial charge on any atom is 0.404 e. The fourth-order valence-corrected chi connectivity index (χ4v) is 1.55. The largest absolute Gasteiger partial charge is 0.465 e. The third kappa shape index (κ3) is 6.23. The van der Waals surface area contributed by atoms with Crippen LogP contribution < -0.4 is 5.73 Å². The van der Waals surface area contributed by atoms with Crippen molar-refractivity contribution in [3.8, 4) is 0 Å². The van der Waals surface area contributed by atoms with E-state index >= 15 is 0 Å². The molecular formula is C12H22F3NO2. The predicted octanol–water partition coefficient (Wildman–Crippen LogP) is 2.88. The lowest BCUT2D eigenvalue weighted by Crippen LogP contribution is -2.48. The summed E-state index contributed by atoms with van der Waals surface area (Å²) >= 11 is 0. The van der Waals surface area contributed by atoms with Crippen molar-refractivity contribution in [2.75, 3.05) is 6.61 Å². The maximum absolute atomic E-state index is 12.6. The van der Waals surface area contributed by atoms with E-state index in [1.807, 2.05) is 0 Å². The zero-order chi connectivity index (χ0) is 14.6. The third-order valence-electron chi connectivity index (χ3n) is 2.39. The Hall–Kier alpha value is -0.780. The maximum atomic E-state index is 12.6. The van der Waals surface area contributed by atoms with Crippen LogP contribution >= 0.6 is 0 Å². The van der Waals surface area contributed by atoms with Crippen molar-refractivity contribution in [1.29, 1.82) is 0 Å². The zero-order valence-corrected chi connectivity index (χ0v) is 11.3. The van der Waals surface area contributed by atoms with Crippen molar-refractivity contribution in [1.82, 2.24) is 0 Å². The van der Waals surface area contributed by atoms with Crippen molar-refractivity contribution in [3.63, 3.8) is 0 Å². The van der Waals surface area contributed by atoms with Crippen molar-refractivity contribution >= 4 is 5.97 Å². The van der Waals surface area contributed by atoms with Gasteiger partial charge in [-0.05, 0) is 18.3 Å². The molecule has 0 radical (unpaired) electrons. The van der Waals surface area contributed by atoms with Crippen LogP contribution in [0.2, 0.25) is 0 Å². The predicted molar refractivity (Wildman–Crippen MR) is 62.8 cm³/mol. The van der Waals surface area contributed by atoms with Gasteiger partial charge >= 0.3 is 12.1 Å². The SMILES string of the molecule is CCCOC(=O)[C@H](CC(C)(C)C)[C@@H](N)C(F)(F)F. The van der Waals surface area contributed by atoms with E-state index in [1.54, 1.807) is 27.7 Å². The van der Waals surface area contributed by atoms with E-state index in [0.29, 0.717) is 6.42 Å². The molecule has 0 rings (SSSR count). The molecule has 0 fully saturated rings. The van der Waals surface area contributed by atoms with Crippen molar-refractivity contribution in [2.24, 2.45) is 17.1 Å². The Bertz CT molecular complexity index is 271. The Labute approximate surface area is 106 Å². The van der Waals surface area contributed by atoms with Gasteiger partial charge in [0.05, 0.1) is 12.5 Å². The molecular weight excluding hydrogens is 247 g/mol. The molecule has 0 aromatic heterocycles. The molecule has 2 N–H and O–H groups in total. The first-order chi connectivity index (χ1) is 7.99. The Morgan fingerprint density at radius 2 is 1.78 bits per heavy atom. The number of ether oxygens (including phenoxy) is 1. The summed E-state index contributed by atoms with van der Waals surface area (Å²) in [6.07, 6.45) is -3.99. The van der Waals surface area contributed by atoms with Crippen LogP contribution in [0.25, 0.3) is 0 Å². The fourth-order valence-electron chi connectivity index (χ4n) is 1.55. The van der Waals surface area contributed by atoms with Gasteiger partial charge in [-0.1, -0.05) is 27.7 Å². The molecule has 2 atom stereocenters. The van der Waals surface area contributed by atoms with E-state index in [1.165, 1.54) is 0 Å². The first-order valence-electron chi connectivity index (χ1n) is 5.98. The summed E-state index contributed by atoms with van der Waals surface area (Å²) in [6.45, 7) is 7.17. The highest BCUT2D eigenvalue weighted by Gasteiger charge is 2.46. The molecule has 0 heterocycles. The number of rotatable bonds is 5. The standard InChI is InChI=1S/C12H22F3NO2/c1-5-6-18-10(17)8(7-11(2,3)4)9(16)12(13,14)15/h8-9H,5-7,16H2,1-4H3/t8-,9-/m1/s1. The number of halogens is 3. The summed E-state index contributed by atoms with van der Waals surface area (Å²) in [5.74, 6) is -2.21. The number of carbonyl (C=O) groups is 1. The first-order valence-corrected chi connectivity index (χ1v) is 5.98. The number of alkyl halides is 3. The summed E-state index contributed by atoms with van der Waals surface area (Å²) in [4.78, 5) is 11.7. The van der Waals surface area contributed by atoms with Gasteiger partial charge in [0.15, 0.2) is 0 Å². The molecule has 0 saturated heterocycles. The highest BCUT2D eigenvalue weighted by atomic mass is 19.4. The molecule has 18 heavy (non-hydrogen) atoms. The minimum Gasteiger partial charge on any atom is -0.465 e. The van der Waals surface area contributed by atoms with Crippen LogP contribution in [0.4, 0.5) is 13.2 Å². The molecule has 0 unspecified atom stereocenters. The van der Waals surface area contributed by atoms with Crippen LogP contribution in [0.5, 0.6) is 0 Å². The average Bonchev–Trinajstić information content (AvgIpc) is 2.18. The monoisotopic (exact) mass is 269 g/mol. The van der Waals surface area contributed by atoms with E-state index in [0.717, 1.165) is 0 Å². The van der Waals surface area contributed by atoms with E-state index in [-0.39, 0.29) is 13.0 Å². The van der Waals surface area contributed by atoms with Crippen LogP contribution in [-0.2, 0) is 9.53 Å². The van der Waals surface area contributed by atoms with Crippen molar-refractivity contribution in [2.45, 2.75) is 52.8 Å². The van der Waals surface area contributed by atoms with Crippen LogP contribution in [0.15, 0.2) is 0 Å². The summed E-state index contributed by atoms with van der Waals surface area (Å²) in [5.41, 5.74) is 4.72. The Kier molecular flexibility index (Phi) is 6.13. The van der Waals surface area contributed by atoms with Gasteiger partial charge in [-0.2, -0.15) is 13.2 Å². The summed E-state index contributed by atoms with van der Waals surface area (Å²) < 4.78 is 42.7. The van der Waals surface area contributed by atoms with Gasteiger partial charge in [0, 0.05) is 0 Å². The number of carbonyl (C=O) groups excluding carboxylic acids is 1. The molecule has 0 aliphatic heterocycles. The van der Waals surface area contributed by atoms with Gasteiger partial charge in [0.25, 0.3) is 0 Å². The molecule has 108 valence electrons. The van der Waals surface area contributed by atoms with Crippen molar-refractivity contribution in [3.05, 3.63) is 0 Å². The highest BCUT2D eigenvalue weighted by molar-refractivity contribution is 5.73. The van der Waals surface area contributed by atoms with Gasteiger partial charge in [-0.15, -0.1) is 0 Å². The lowest BCUT2D eigenvalue weighted by atomic mass is 9.81. The van der Waals surface area contributed by atoms with Crippen LogP contribution in [0.1, 0.15) is 40.5 Å². The summed E-state index contributed by atoms with van der Waals surface area (Å²) in [7, 11) is 0. The second-order valence-electron chi connectivity index (χ2n) is 5.61. The topological polar surface area (TPSA) is 52.3 Å². The Morgan fingerprint density at radius 3 is 2.11 bits per heavy atom. The molecule has 6 heteroatoms. The van der Waals surface area contributed by atoms with Crippen LogP contribution in [0, 0.1) is 11.3 Å². The Balaban J connectivity index is 4.88. The number of hydrogen-bond donors (Lipinski definition) is 1. The molecule has 0 bridgehead atoms. The molecule has 0 amide bonds. The molecule has 0 aliphatic rings. The van der Waals surface area contributed by atoms with E-state index in [4.69, 9.17) is 10.5 Å². The molecule has 0 saturated carbocycles. The van der Waals surface area contributed by atoms with Crippen LogP contribution in [0.3, 0.4) is 0 Å². The number of esters is 1. The number of hydrogen-bond acceptors (Lipinski definition) is 3. The zero-order valence-electron chi connectivity index (χ0n) is 11.3. The normalized spacial score (nSPS) is 16.2. The van der Waals surface area contributed by atoms with Gasteiger partial charge in [0.2, 0.25) is 0 Å². The molecule has 3 nitrogen and oxygen atoms in total. The smallest absolute Gasteiger partial charge is 0.404 e. The van der Waals surface area contributed by atoms with Crippen molar-refractivity contribution < 1.29 is 22.7 Å². The van der Waals surface area contributed by atoms with Gasteiger partial charge in [-0.25, -0.2) is 0 Å². The van der Waals surface area contributed by atoms with Crippen LogP contribution in [-0.4, -0.2) is 24.8 Å². The quantitative estimate of drug-likeness (QED) is 0.781. The molecule has 0 aromatic rings. The van der Waals surface area contributed by atoms with E-state index in [2.05, 4.69) is 0 Å². The third-order valence-corrected chi connectivity index (χ3v) is 2.39. The number of nitrogens with two attached hydrogens (primary N) is 1. The minimum atomic E-state index is -4.60. The van der Waals surface area contributed by atoms with Gasteiger partial charge < -0.3 is 10.5 Å². The minimum absolute atomic E-state index is 0.0379. The van der Waals surface area contributed by atoms with Gasteiger partial charge in [-0.3, -0.25) is 4.79 Å². The van der Waals surface area contributed by atoms with Gasteiger partial charge in [0.1, 0.15) is 6.04 Å². The first kappa shape index (κ1) is 17.2.